The van der Waals surface area contributed by atoms with Gasteiger partial charge in [0.05, 0.1) is 6.10 Å². The van der Waals surface area contributed by atoms with Crippen molar-refractivity contribution < 1.29 is 4.74 Å². The second kappa shape index (κ2) is 5.12. The number of rotatable bonds is 5. The van der Waals surface area contributed by atoms with Crippen molar-refractivity contribution in [3.63, 3.8) is 0 Å². The smallest absolute Gasteiger partial charge is 0.0607 e. The van der Waals surface area contributed by atoms with Crippen LogP contribution in [0.15, 0.2) is 24.5 Å². The number of aromatic nitrogens is 1. The molecule has 1 saturated carbocycles. The minimum absolute atomic E-state index is 0.108. The Hall–Kier alpha value is -0.970. The van der Waals surface area contributed by atoms with E-state index in [9.17, 15) is 0 Å². The summed E-state index contributed by atoms with van der Waals surface area (Å²) in [7, 11) is 3.90. The fourth-order valence-corrected chi connectivity index (χ4v) is 2.52. The highest BCUT2D eigenvalue weighted by atomic mass is 16.5. The number of likely N-dealkylation sites (N-methyl/N-ethyl adjacent to an activating group) is 1. The number of hydrogen-bond donors (Lipinski definition) is 1. The summed E-state index contributed by atoms with van der Waals surface area (Å²) in [6.07, 6.45) is 6.13. The van der Waals surface area contributed by atoms with Gasteiger partial charge in [0.1, 0.15) is 0 Å². The molecule has 4 heteroatoms. The van der Waals surface area contributed by atoms with Crippen LogP contribution in [0.4, 0.5) is 0 Å². The van der Waals surface area contributed by atoms with Crippen LogP contribution in [0.2, 0.25) is 0 Å². The predicted molar refractivity (Wildman–Crippen MR) is 67.5 cm³/mol. The Balaban J connectivity index is 1.97. The Morgan fingerprint density at radius 3 is 2.88 bits per heavy atom. The molecule has 0 aliphatic heterocycles. The molecule has 0 atom stereocenters. The maximum atomic E-state index is 5.93. The van der Waals surface area contributed by atoms with E-state index in [1.165, 1.54) is 5.56 Å². The normalized spacial score (nSPS) is 28.1. The van der Waals surface area contributed by atoms with Crippen molar-refractivity contribution in [2.24, 2.45) is 5.73 Å². The van der Waals surface area contributed by atoms with E-state index in [2.05, 4.69) is 23.0 Å². The summed E-state index contributed by atoms with van der Waals surface area (Å²) in [4.78, 5) is 6.47. The van der Waals surface area contributed by atoms with E-state index in [0.29, 0.717) is 12.6 Å². The van der Waals surface area contributed by atoms with Crippen molar-refractivity contribution in [3.8, 4) is 0 Å². The highest BCUT2D eigenvalue weighted by Crippen LogP contribution is 2.38. The molecule has 0 aromatic carbocycles. The second-order valence-electron chi connectivity index (χ2n) is 4.91. The number of methoxy groups -OCH3 is 1. The number of ether oxygens (including phenoxy) is 1. The van der Waals surface area contributed by atoms with E-state index < -0.39 is 0 Å². The standard InChI is InChI=1S/C13H21N3O/c1-16(9-11-4-3-5-15-8-11)13(10-14)6-12(7-13)17-2/h3-5,8,12H,6-7,9-10,14H2,1-2H3. The summed E-state index contributed by atoms with van der Waals surface area (Å²) in [6.45, 7) is 1.57. The third-order valence-electron chi connectivity index (χ3n) is 3.88. The van der Waals surface area contributed by atoms with Gasteiger partial charge in [-0.1, -0.05) is 6.07 Å². The van der Waals surface area contributed by atoms with Gasteiger partial charge in [0.15, 0.2) is 0 Å². The zero-order valence-electron chi connectivity index (χ0n) is 10.6. The van der Waals surface area contributed by atoms with Gasteiger partial charge in [0.2, 0.25) is 0 Å². The van der Waals surface area contributed by atoms with E-state index in [4.69, 9.17) is 10.5 Å². The molecule has 17 heavy (non-hydrogen) atoms. The zero-order chi connectivity index (χ0) is 12.3. The molecule has 1 aromatic rings. The molecule has 1 aliphatic carbocycles. The minimum Gasteiger partial charge on any atom is -0.381 e. The highest BCUT2D eigenvalue weighted by Gasteiger charge is 2.46. The lowest BCUT2D eigenvalue weighted by molar-refractivity contribution is -0.0811. The molecule has 1 fully saturated rings. The fourth-order valence-electron chi connectivity index (χ4n) is 2.52. The molecule has 4 nitrogen and oxygen atoms in total. The van der Waals surface area contributed by atoms with Gasteiger partial charge < -0.3 is 10.5 Å². The lowest BCUT2D eigenvalue weighted by atomic mass is 9.73. The average Bonchev–Trinajstić information content (AvgIpc) is 2.30. The first-order valence-corrected chi connectivity index (χ1v) is 6.03. The molecule has 0 spiro atoms. The maximum absolute atomic E-state index is 5.93. The maximum Gasteiger partial charge on any atom is 0.0607 e. The van der Waals surface area contributed by atoms with Gasteiger partial charge in [0, 0.05) is 38.1 Å². The Morgan fingerprint density at radius 1 is 1.59 bits per heavy atom. The number of nitrogens with zero attached hydrogens (tertiary/aromatic N) is 2. The van der Waals surface area contributed by atoms with E-state index in [1.807, 2.05) is 12.3 Å². The van der Waals surface area contributed by atoms with Crippen LogP contribution in [0, 0.1) is 0 Å². The predicted octanol–water partition coefficient (Wildman–Crippen LogP) is 1.02. The van der Waals surface area contributed by atoms with Crippen molar-refractivity contribution in [1.29, 1.82) is 0 Å². The Bertz CT molecular complexity index is 349. The van der Waals surface area contributed by atoms with Crippen molar-refractivity contribution >= 4 is 0 Å². The molecule has 94 valence electrons. The molecule has 1 heterocycles. The van der Waals surface area contributed by atoms with Crippen LogP contribution in [0.25, 0.3) is 0 Å². The molecule has 2 N–H and O–H groups in total. The molecular formula is C13H21N3O. The average molecular weight is 235 g/mol. The summed E-state index contributed by atoms with van der Waals surface area (Å²) >= 11 is 0. The molecule has 0 unspecified atom stereocenters. The molecule has 1 aliphatic rings. The van der Waals surface area contributed by atoms with Gasteiger partial charge in [-0.15, -0.1) is 0 Å². The van der Waals surface area contributed by atoms with Crippen LogP contribution in [0.1, 0.15) is 18.4 Å². The largest absolute Gasteiger partial charge is 0.381 e. The van der Waals surface area contributed by atoms with Crippen LogP contribution in [-0.2, 0) is 11.3 Å². The quantitative estimate of drug-likeness (QED) is 0.828. The second-order valence-corrected chi connectivity index (χ2v) is 4.91. The van der Waals surface area contributed by atoms with Gasteiger partial charge in [-0.25, -0.2) is 0 Å². The van der Waals surface area contributed by atoms with Crippen molar-refractivity contribution in [2.75, 3.05) is 20.7 Å². The third-order valence-corrected chi connectivity index (χ3v) is 3.88. The number of hydrogen-bond acceptors (Lipinski definition) is 4. The fraction of sp³-hybridized carbons (Fsp3) is 0.615. The summed E-state index contributed by atoms with van der Waals surface area (Å²) in [5.74, 6) is 0. The van der Waals surface area contributed by atoms with Crippen LogP contribution >= 0.6 is 0 Å². The molecule has 0 bridgehead atoms. The van der Waals surface area contributed by atoms with Gasteiger partial charge in [-0.05, 0) is 31.5 Å². The molecule has 0 amide bonds. The Kier molecular flexibility index (Phi) is 3.76. The highest BCUT2D eigenvalue weighted by molar-refractivity contribution is 5.11. The first kappa shape index (κ1) is 12.5. The van der Waals surface area contributed by atoms with Crippen molar-refractivity contribution in [3.05, 3.63) is 30.1 Å². The van der Waals surface area contributed by atoms with Crippen LogP contribution in [0.5, 0.6) is 0 Å². The third kappa shape index (κ3) is 2.49. The first-order chi connectivity index (χ1) is 8.20. The zero-order valence-corrected chi connectivity index (χ0v) is 10.6. The monoisotopic (exact) mass is 235 g/mol. The van der Waals surface area contributed by atoms with Crippen LogP contribution in [-0.4, -0.2) is 42.2 Å². The van der Waals surface area contributed by atoms with E-state index in [-0.39, 0.29) is 5.54 Å². The van der Waals surface area contributed by atoms with Crippen molar-refractivity contribution in [2.45, 2.75) is 31.0 Å². The summed E-state index contributed by atoms with van der Waals surface area (Å²) in [6, 6.07) is 4.07. The van der Waals surface area contributed by atoms with E-state index in [0.717, 1.165) is 19.4 Å². The Labute approximate surface area is 103 Å². The summed E-state index contributed by atoms with van der Waals surface area (Å²) in [5, 5.41) is 0. The lowest BCUT2D eigenvalue weighted by Crippen LogP contribution is -2.62. The molecule has 1 aromatic heterocycles. The van der Waals surface area contributed by atoms with E-state index >= 15 is 0 Å². The molecule has 2 rings (SSSR count). The van der Waals surface area contributed by atoms with Gasteiger partial charge in [-0.2, -0.15) is 0 Å². The van der Waals surface area contributed by atoms with Crippen LogP contribution in [0.3, 0.4) is 0 Å². The van der Waals surface area contributed by atoms with E-state index in [1.54, 1.807) is 13.3 Å². The van der Waals surface area contributed by atoms with Crippen molar-refractivity contribution in [1.82, 2.24) is 9.88 Å². The molecule has 0 radical (unpaired) electrons. The number of pyridine rings is 1. The molecular weight excluding hydrogens is 214 g/mol. The Morgan fingerprint density at radius 2 is 2.35 bits per heavy atom. The first-order valence-electron chi connectivity index (χ1n) is 6.03. The topological polar surface area (TPSA) is 51.4 Å². The SMILES string of the molecule is COC1CC(CN)(N(C)Cc2cccnc2)C1. The minimum atomic E-state index is 0.108. The van der Waals surface area contributed by atoms with Crippen LogP contribution < -0.4 is 5.73 Å². The summed E-state index contributed by atoms with van der Waals surface area (Å²) in [5.41, 5.74) is 7.26. The number of nitrogens with two attached hydrogens (primary N) is 1. The van der Waals surface area contributed by atoms with Gasteiger partial charge >= 0.3 is 0 Å². The lowest BCUT2D eigenvalue weighted by Gasteiger charge is -2.52. The van der Waals surface area contributed by atoms with Gasteiger partial charge in [-0.3, -0.25) is 9.88 Å². The summed E-state index contributed by atoms with van der Waals surface area (Å²) < 4.78 is 5.35. The van der Waals surface area contributed by atoms with Gasteiger partial charge in [0.25, 0.3) is 0 Å². The molecule has 0 saturated heterocycles.